The first-order valence-electron chi connectivity index (χ1n) is 8.36. The Kier molecular flexibility index (Phi) is 5.90. The molecule has 1 saturated heterocycles. The molecule has 2 aromatic carbocycles. The maximum atomic E-state index is 13.1. The summed E-state index contributed by atoms with van der Waals surface area (Å²) in [6.07, 6.45) is 1.10. The van der Waals surface area contributed by atoms with Crippen LogP contribution in [0.1, 0.15) is 22.3 Å². The highest BCUT2D eigenvalue weighted by atomic mass is 35.5. The maximum absolute atomic E-state index is 13.1. The molecule has 138 valence electrons. The van der Waals surface area contributed by atoms with Crippen LogP contribution in [0.25, 0.3) is 0 Å². The van der Waals surface area contributed by atoms with E-state index in [-0.39, 0.29) is 28.5 Å². The Morgan fingerprint density at radius 2 is 1.85 bits per heavy atom. The van der Waals surface area contributed by atoms with E-state index in [1.807, 2.05) is 30.3 Å². The van der Waals surface area contributed by atoms with Gasteiger partial charge in [0.05, 0.1) is 22.1 Å². The standard InChI is InChI=1S/C19H19Cl2NO3S/c20-15-6-7-17(18(21)12-15)19(23)22(16-9-11-26(24,25)13-16)10-8-14-4-2-1-3-5-14/h1-7,12,16H,8-11,13H2/t16-/m1/s1. The molecule has 1 amide bonds. The number of nitrogens with zero attached hydrogens (tertiary/aromatic N) is 1. The number of rotatable bonds is 5. The molecule has 2 aromatic rings. The zero-order chi connectivity index (χ0) is 18.7. The summed E-state index contributed by atoms with van der Waals surface area (Å²) in [5.74, 6) is -0.149. The van der Waals surface area contributed by atoms with E-state index in [4.69, 9.17) is 23.2 Å². The summed E-state index contributed by atoms with van der Waals surface area (Å²) >= 11 is 12.1. The molecular weight excluding hydrogens is 393 g/mol. The molecule has 26 heavy (non-hydrogen) atoms. The van der Waals surface area contributed by atoms with E-state index >= 15 is 0 Å². The van der Waals surface area contributed by atoms with Crippen LogP contribution in [0.2, 0.25) is 10.0 Å². The molecule has 0 spiro atoms. The minimum Gasteiger partial charge on any atom is -0.334 e. The first-order valence-corrected chi connectivity index (χ1v) is 10.9. The molecule has 0 saturated carbocycles. The SMILES string of the molecule is O=C(c1ccc(Cl)cc1Cl)N(CCc1ccccc1)[C@@H]1CCS(=O)(=O)C1. The van der Waals surface area contributed by atoms with Crippen LogP contribution in [-0.2, 0) is 16.3 Å². The van der Waals surface area contributed by atoms with Crippen LogP contribution < -0.4 is 0 Å². The lowest BCUT2D eigenvalue weighted by Crippen LogP contribution is -2.42. The number of hydrogen-bond acceptors (Lipinski definition) is 3. The highest BCUT2D eigenvalue weighted by Gasteiger charge is 2.35. The molecule has 1 aliphatic rings. The minimum atomic E-state index is -3.10. The average molecular weight is 412 g/mol. The first kappa shape index (κ1) is 19.2. The smallest absolute Gasteiger partial charge is 0.255 e. The number of benzene rings is 2. The first-order chi connectivity index (χ1) is 12.4. The van der Waals surface area contributed by atoms with Gasteiger partial charge in [-0.05, 0) is 36.6 Å². The number of halogens is 2. The number of hydrogen-bond donors (Lipinski definition) is 0. The lowest BCUT2D eigenvalue weighted by molar-refractivity contribution is 0.0699. The second-order valence-electron chi connectivity index (χ2n) is 6.42. The van der Waals surface area contributed by atoms with Gasteiger partial charge in [0.1, 0.15) is 0 Å². The summed E-state index contributed by atoms with van der Waals surface area (Å²) in [5, 5.41) is 0.721. The summed E-state index contributed by atoms with van der Waals surface area (Å²) in [5.41, 5.74) is 1.43. The van der Waals surface area contributed by atoms with Gasteiger partial charge in [-0.2, -0.15) is 0 Å². The number of carbonyl (C=O) groups is 1. The van der Waals surface area contributed by atoms with E-state index in [0.717, 1.165) is 5.56 Å². The van der Waals surface area contributed by atoms with Gasteiger partial charge in [0.2, 0.25) is 0 Å². The molecule has 1 heterocycles. The average Bonchev–Trinajstić information content (AvgIpc) is 2.95. The van der Waals surface area contributed by atoms with Crippen LogP contribution in [0.4, 0.5) is 0 Å². The van der Waals surface area contributed by atoms with Gasteiger partial charge in [-0.15, -0.1) is 0 Å². The number of carbonyl (C=O) groups excluding carboxylic acids is 1. The van der Waals surface area contributed by atoms with Crippen molar-refractivity contribution >= 4 is 38.9 Å². The summed E-state index contributed by atoms with van der Waals surface area (Å²) < 4.78 is 23.8. The second-order valence-corrected chi connectivity index (χ2v) is 9.49. The fraction of sp³-hybridized carbons (Fsp3) is 0.316. The van der Waals surface area contributed by atoms with Crippen molar-refractivity contribution in [1.82, 2.24) is 4.90 Å². The molecule has 1 atom stereocenters. The molecule has 1 fully saturated rings. The normalized spacial score (nSPS) is 18.6. The van der Waals surface area contributed by atoms with Crippen LogP contribution in [0.3, 0.4) is 0 Å². The highest BCUT2D eigenvalue weighted by molar-refractivity contribution is 7.91. The van der Waals surface area contributed by atoms with Crippen LogP contribution in [0.5, 0.6) is 0 Å². The van der Waals surface area contributed by atoms with Crippen LogP contribution in [0.15, 0.2) is 48.5 Å². The molecule has 0 unspecified atom stereocenters. The Labute approximate surface area is 163 Å². The quantitative estimate of drug-likeness (QED) is 0.750. The Morgan fingerprint density at radius 1 is 1.12 bits per heavy atom. The van der Waals surface area contributed by atoms with Crippen molar-refractivity contribution in [1.29, 1.82) is 0 Å². The molecular formula is C19H19Cl2NO3S. The zero-order valence-electron chi connectivity index (χ0n) is 14.1. The van der Waals surface area contributed by atoms with Gasteiger partial charge >= 0.3 is 0 Å². The monoisotopic (exact) mass is 411 g/mol. The highest BCUT2D eigenvalue weighted by Crippen LogP contribution is 2.26. The lowest BCUT2D eigenvalue weighted by atomic mass is 10.1. The molecule has 0 bridgehead atoms. The van der Waals surface area contributed by atoms with Crippen molar-refractivity contribution in [2.75, 3.05) is 18.1 Å². The van der Waals surface area contributed by atoms with E-state index in [2.05, 4.69) is 0 Å². The lowest BCUT2D eigenvalue weighted by Gasteiger charge is -2.29. The van der Waals surface area contributed by atoms with E-state index < -0.39 is 9.84 Å². The minimum absolute atomic E-state index is 0.00125. The molecule has 0 aliphatic carbocycles. The van der Waals surface area contributed by atoms with Gasteiger partial charge < -0.3 is 4.90 Å². The molecule has 3 rings (SSSR count). The fourth-order valence-electron chi connectivity index (χ4n) is 3.18. The van der Waals surface area contributed by atoms with E-state index in [1.165, 1.54) is 6.07 Å². The van der Waals surface area contributed by atoms with Crippen LogP contribution in [-0.4, -0.2) is 43.3 Å². The summed E-state index contributed by atoms with van der Waals surface area (Å²) in [4.78, 5) is 14.7. The van der Waals surface area contributed by atoms with Crippen molar-refractivity contribution in [3.63, 3.8) is 0 Å². The fourth-order valence-corrected chi connectivity index (χ4v) is 5.40. The summed E-state index contributed by atoms with van der Waals surface area (Å²) in [6.45, 7) is 0.433. The predicted molar refractivity (Wildman–Crippen MR) is 105 cm³/mol. The Balaban J connectivity index is 1.85. The Morgan fingerprint density at radius 3 is 2.46 bits per heavy atom. The summed E-state index contributed by atoms with van der Waals surface area (Å²) in [7, 11) is -3.10. The van der Waals surface area contributed by atoms with Gasteiger partial charge in [-0.25, -0.2) is 8.42 Å². The zero-order valence-corrected chi connectivity index (χ0v) is 16.4. The predicted octanol–water partition coefficient (Wildman–Crippen LogP) is 3.87. The van der Waals surface area contributed by atoms with E-state index in [0.29, 0.717) is 30.0 Å². The number of amides is 1. The summed E-state index contributed by atoms with van der Waals surface area (Å²) in [6, 6.07) is 14.2. The molecule has 0 N–H and O–H groups in total. The second kappa shape index (κ2) is 7.99. The Hall–Kier alpha value is -1.56. The van der Waals surface area contributed by atoms with Gasteiger partial charge in [0.25, 0.3) is 5.91 Å². The third kappa shape index (κ3) is 4.58. The maximum Gasteiger partial charge on any atom is 0.255 e. The molecule has 1 aliphatic heterocycles. The molecule has 0 radical (unpaired) electrons. The van der Waals surface area contributed by atoms with Crippen LogP contribution in [0, 0.1) is 0 Å². The van der Waals surface area contributed by atoms with Crippen molar-refractivity contribution in [2.45, 2.75) is 18.9 Å². The third-order valence-corrected chi connectivity index (χ3v) is 6.85. The van der Waals surface area contributed by atoms with Crippen molar-refractivity contribution in [3.8, 4) is 0 Å². The molecule has 4 nitrogen and oxygen atoms in total. The largest absolute Gasteiger partial charge is 0.334 e. The van der Waals surface area contributed by atoms with Crippen molar-refractivity contribution in [3.05, 3.63) is 69.7 Å². The Bertz CT molecular complexity index is 900. The van der Waals surface area contributed by atoms with Gasteiger partial charge in [-0.3, -0.25) is 4.79 Å². The molecule has 7 heteroatoms. The number of sulfone groups is 1. The third-order valence-electron chi connectivity index (χ3n) is 4.56. The van der Waals surface area contributed by atoms with E-state index in [9.17, 15) is 13.2 Å². The molecule has 0 aromatic heterocycles. The van der Waals surface area contributed by atoms with Crippen molar-refractivity contribution < 1.29 is 13.2 Å². The van der Waals surface area contributed by atoms with Crippen molar-refractivity contribution in [2.24, 2.45) is 0 Å². The van der Waals surface area contributed by atoms with Crippen LogP contribution >= 0.6 is 23.2 Å². The van der Waals surface area contributed by atoms with E-state index in [1.54, 1.807) is 17.0 Å². The topological polar surface area (TPSA) is 54.5 Å². The van der Waals surface area contributed by atoms with Gasteiger partial charge in [0.15, 0.2) is 9.84 Å². The van der Waals surface area contributed by atoms with Gasteiger partial charge in [0, 0.05) is 17.6 Å². The van der Waals surface area contributed by atoms with Gasteiger partial charge in [-0.1, -0.05) is 53.5 Å².